The Hall–Kier alpha value is -1.04. The standard InChI is InChI=1S/C12H15F3O2S/c1-2-3-8-18(16,17)9-10-6-4-5-7-11(10)12(13,14)15/h4-7H,2-3,8-9H2,1H3. The second kappa shape index (κ2) is 5.73. The van der Waals surface area contributed by atoms with Gasteiger partial charge in [-0.15, -0.1) is 0 Å². The fraction of sp³-hybridized carbons (Fsp3) is 0.500. The van der Waals surface area contributed by atoms with Crippen LogP contribution in [0.3, 0.4) is 0 Å². The minimum atomic E-state index is -4.52. The van der Waals surface area contributed by atoms with Gasteiger partial charge in [-0.25, -0.2) is 8.42 Å². The molecule has 0 aromatic heterocycles. The fourth-order valence-corrected chi connectivity index (χ4v) is 3.19. The van der Waals surface area contributed by atoms with Crippen molar-refractivity contribution in [3.63, 3.8) is 0 Å². The van der Waals surface area contributed by atoms with Crippen LogP contribution >= 0.6 is 0 Å². The molecule has 0 aliphatic carbocycles. The highest BCUT2D eigenvalue weighted by Gasteiger charge is 2.33. The Morgan fingerprint density at radius 3 is 2.33 bits per heavy atom. The Balaban J connectivity index is 2.98. The zero-order chi connectivity index (χ0) is 13.8. The molecule has 1 rings (SSSR count). The van der Waals surface area contributed by atoms with Crippen LogP contribution in [0.2, 0.25) is 0 Å². The molecule has 0 saturated heterocycles. The normalized spacial score (nSPS) is 12.7. The van der Waals surface area contributed by atoms with Gasteiger partial charge < -0.3 is 0 Å². The minimum absolute atomic E-state index is 0.0737. The Morgan fingerprint density at radius 1 is 1.17 bits per heavy atom. The summed E-state index contributed by atoms with van der Waals surface area (Å²) in [5.74, 6) is -0.627. The number of rotatable bonds is 5. The zero-order valence-electron chi connectivity index (χ0n) is 10.00. The molecule has 0 unspecified atom stereocenters. The molecule has 0 aliphatic heterocycles. The molecule has 18 heavy (non-hydrogen) atoms. The average molecular weight is 280 g/mol. The molecule has 6 heteroatoms. The van der Waals surface area contributed by atoms with Crippen LogP contribution in [0.25, 0.3) is 0 Å². The molecule has 0 radical (unpaired) electrons. The Morgan fingerprint density at radius 2 is 1.78 bits per heavy atom. The highest BCUT2D eigenvalue weighted by atomic mass is 32.2. The van der Waals surface area contributed by atoms with Gasteiger partial charge in [0.2, 0.25) is 0 Å². The molecule has 0 fully saturated rings. The maximum absolute atomic E-state index is 12.7. The van der Waals surface area contributed by atoms with Crippen molar-refractivity contribution in [3.05, 3.63) is 35.4 Å². The molecule has 0 N–H and O–H groups in total. The van der Waals surface area contributed by atoms with Crippen molar-refractivity contribution in [2.75, 3.05) is 5.75 Å². The minimum Gasteiger partial charge on any atom is -0.228 e. The van der Waals surface area contributed by atoms with Crippen molar-refractivity contribution in [2.45, 2.75) is 31.7 Å². The van der Waals surface area contributed by atoms with E-state index in [2.05, 4.69) is 0 Å². The van der Waals surface area contributed by atoms with Crippen molar-refractivity contribution >= 4 is 9.84 Å². The first kappa shape index (κ1) is 15.0. The van der Waals surface area contributed by atoms with E-state index in [1.165, 1.54) is 18.2 Å². The van der Waals surface area contributed by atoms with Crippen LogP contribution in [0.15, 0.2) is 24.3 Å². The predicted molar refractivity (Wildman–Crippen MR) is 63.8 cm³/mol. The number of alkyl halides is 3. The first-order valence-corrected chi connectivity index (χ1v) is 7.44. The van der Waals surface area contributed by atoms with Crippen LogP contribution in [0.4, 0.5) is 13.2 Å². The summed E-state index contributed by atoms with van der Waals surface area (Å²) in [5.41, 5.74) is -1.05. The first-order valence-electron chi connectivity index (χ1n) is 5.62. The Kier molecular flexibility index (Phi) is 4.78. The molecule has 1 aromatic rings. The molecule has 1 aromatic carbocycles. The molecule has 0 bridgehead atoms. The largest absolute Gasteiger partial charge is 0.416 e. The topological polar surface area (TPSA) is 34.1 Å². The lowest BCUT2D eigenvalue weighted by molar-refractivity contribution is -0.138. The second-order valence-corrected chi connectivity index (χ2v) is 6.28. The lowest BCUT2D eigenvalue weighted by Crippen LogP contribution is -2.14. The van der Waals surface area contributed by atoms with Gasteiger partial charge in [0, 0.05) is 0 Å². The predicted octanol–water partition coefficient (Wildman–Crippen LogP) is 3.42. The molecular weight excluding hydrogens is 265 g/mol. The number of hydrogen-bond acceptors (Lipinski definition) is 2. The summed E-state index contributed by atoms with van der Waals surface area (Å²) in [6, 6.07) is 4.79. The number of halogens is 3. The lowest BCUT2D eigenvalue weighted by Gasteiger charge is -2.12. The Bertz CT molecular complexity index is 492. The molecule has 0 spiro atoms. The third-order valence-corrected chi connectivity index (χ3v) is 4.17. The molecule has 0 saturated carbocycles. The van der Waals surface area contributed by atoms with Crippen LogP contribution in [-0.2, 0) is 21.8 Å². The van der Waals surface area contributed by atoms with Gasteiger partial charge in [0.25, 0.3) is 0 Å². The van der Waals surface area contributed by atoms with Crippen molar-refractivity contribution in [1.82, 2.24) is 0 Å². The van der Waals surface area contributed by atoms with Crippen molar-refractivity contribution in [3.8, 4) is 0 Å². The quantitative estimate of drug-likeness (QED) is 0.828. The molecule has 0 heterocycles. The molecule has 0 aliphatic rings. The van der Waals surface area contributed by atoms with Gasteiger partial charge in [-0.1, -0.05) is 31.5 Å². The summed E-state index contributed by atoms with van der Waals surface area (Å²) in [7, 11) is -3.48. The van der Waals surface area contributed by atoms with Crippen LogP contribution in [0.1, 0.15) is 30.9 Å². The summed E-state index contributed by atoms with van der Waals surface area (Å²) in [6.07, 6.45) is -3.35. The van der Waals surface area contributed by atoms with Gasteiger partial charge in [-0.2, -0.15) is 13.2 Å². The van der Waals surface area contributed by atoms with Crippen molar-refractivity contribution < 1.29 is 21.6 Å². The monoisotopic (exact) mass is 280 g/mol. The van der Waals surface area contributed by atoms with Gasteiger partial charge in [0.05, 0.1) is 17.1 Å². The van der Waals surface area contributed by atoms with E-state index in [-0.39, 0.29) is 11.3 Å². The van der Waals surface area contributed by atoms with Gasteiger partial charge in [-0.3, -0.25) is 0 Å². The fourth-order valence-electron chi connectivity index (χ4n) is 1.60. The number of hydrogen-bond donors (Lipinski definition) is 0. The summed E-state index contributed by atoms with van der Waals surface area (Å²) in [6.45, 7) is 1.83. The van der Waals surface area contributed by atoms with E-state index < -0.39 is 27.3 Å². The van der Waals surface area contributed by atoms with Gasteiger partial charge in [-0.05, 0) is 18.1 Å². The highest BCUT2D eigenvalue weighted by Crippen LogP contribution is 2.32. The summed E-state index contributed by atoms with van der Waals surface area (Å²) in [5, 5.41) is 0. The zero-order valence-corrected chi connectivity index (χ0v) is 10.8. The molecular formula is C12H15F3O2S. The second-order valence-electron chi connectivity index (χ2n) is 4.10. The van der Waals surface area contributed by atoms with E-state index >= 15 is 0 Å². The van der Waals surface area contributed by atoms with Crippen molar-refractivity contribution in [2.24, 2.45) is 0 Å². The van der Waals surface area contributed by atoms with Gasteiger partial charge >= 0.3 is 6.18 Å². The van der Waals surface area contributed by atoms with Crippen molar-refractivity contribution in [1.29, 1.82) is 0 Å². The summed E-state index contributed by atoms with van der Waals surface area (Å²) < 4.78 is 61.4. The molecule has 2 nitrogen and oxygen atoms in total. The Labute approximate surface area is 105 Å². The third kappa shape index (κ3) is 4.33. The number of unbranched alkanes of at least 4 members (excludes halogenated alkanes) is 1. The number of benzene rings is 1. The lowest BCUT2D eigenvalue weighted by atomic mass is 10.1. The smallest absolute Gasteiger partial charge is 0.228 e. The molecule has 102 valence electrons. The maximum atomic E-state index is 12.7. The van der Waals surface area contributed by atoms with Crippen LogP contribution in [0, 0.1) is 0 Å². The van der Waals surface area contributed by atoms with E-state index in [0.717, 1.165) is 6.07 Å². The van der Waals surface area contributed by atoms with Crippen LogP contribution < -0.4 is 0 Å². The average Bonchev–Trinajstić information content (AvgIpc) is 2.25. The first-order chi connectivity index (χ1) is 8.26. The summed E-state index contributed by atoms with van der Waals surface area (Å²) in [4.78, 5) is 0. The van der Waals surface area contributed by atoms with Crippen LogP contribution in [-0.4, -0.2) is 14.2 Å². The van der Waals surface area contributed by atoms with Gasteiger partial charge in [0.1, 0.15) is 0 Å². The van der Waals surface area contributed by atoms with E-state index in [1.54, 1.807) is 0 Å². The molecule has 0 atom stereocenters. The van der Waals surface area contributed by atoms with E-state index in [0.29, 0.717) is 12.8 Å². The van der Waals surface area contributed by atoms with E-state index in [4.69, 9.17) is 0 Å². The third-order valence-electron chi connectivity index (χ3n) is 2.51. The van der Waals surface area contributed by atoms with E-state index in [9.17, 15) is 21.6 Å². The van der Waals surface area contributed by atoms with Crippen LogP contribution in [0.5, 0.6) is 0 Å². The SMILES string of the molecule is CCCCS(=O)(=O)Cc1ccccc1C(F)(F)F. The van der Waals surface area contributed by atoms with E-state index in [1.807, 2.05) is 6.92 Å². The maximum Gasteiger partial charge on any atom is 0.416 e. The summed E-state index contributed by atoms with van der Waals surface area (Å²) >= 11 is 0. The number of sulfone groups is 1. The van der Waals surface area contributed by atoms with Gasteiger partial charge in [0.15, 0.2) is 9.84 Å². The highest BCUT2D eigenvalue weighted by molar-refractivity contribution is 7.90. The molecule has 0 amide bonds.